The number of hydrogen-bond donors (Lipinski definition) is 0. The van der Waals surface area contributed by atoms with Gasteiger partial charge in [0.15, 0.2) is 0 Å². The highest BCUT2D eigenvalue weighted by Gasteiger charge is 2.31. The highest BCUT2D eigenvalue weighted by Crippen LogP contribution is 2.40. The van der Waals surface area contributed by atoms with Gasteiger partial charge in [-0.25, -0.2) is 23.1 Å². The fraction of sp³-hybridized carbons (Fsp3) is 0.105. The predicted octanol–water partition coefficient (Wildman–Crippen LogP) is 0.351. The summed E-state index contributed by atoms with van der Waals surface area (Å²) in [5.74, 6) is 2.04. The first-order valence-corrected chi connectivity index (χ1v) is 8.78. The van der Waals surface area contributed by atoms with Crippen LogP contribution >= 0.6 is 0 Å². The van der Waals surface area contributed by atoms with E-state index in [1.165, 1.54) is 22.3 Å². The summed E-state index contributed by atoms with van der Waals surface area (Å²) in [5, 5.41) is 0. The molecule has 0 atom stereocenters. The molecule has 0 bridgehead atoms. The molecule has 0 aliphatic heterocycles. The lowest BCUT2D eigenvalue weighted by Gasteiger charge is -2.17. The van der Waals surface area contributed by atoms with Gasteiger partial charge in [-0.05, 0) is 35.7 Å². The molecule has 0 amide bonds. The molecule has 0 N–H and O–H groups in total. The second kappa shape index (κ2) is 6.92. The van der Waals surface area contributed by atoms with Crippen LogP contribution in [0.5, 0.6) is 0 Å². The zero-order valence-corrected chi connectivity index (χ0v) is 14.2. The van der Waals surface area contributed by atoms with E-state index in [1.54, 1.807) is 0 Å². The summed E-state index contributed by atoms with van der Waals surface area (Å²) in [6, 6.07) is 21.0. The first-order chi connectivity index (χ1) is 11.8. The number of halogens is 1. The summed E-state index contributed by atoms with van der Waals surface area (Å²) in [4.78, 5) is 0. The quantitative estimate of drug-likeness (QED) is 0.457. The fourth-order valence-corrected chi connectivity index (χ4v) is 3.03. The summed E-state index contributed by atoms with van der Waals surface area (Å²) >= 11 is 0. The molecule has 0 saturated heterocycles. The van der Waals surface area contributed by atoms with E-state index in [1.807, 2.05) is 18.2 Å². The summed E-state index contributed by atoms with van der Waals surface area (Å²) < 4.78 is 40.1. The van der Waals surface area contributed by atoms with Crippen LogP contribution < -0.4 is 18.6 Å². The van der Waals surface area contributed by atoms with Crippen molar-refractivity contribution in [1.29, 1.82) is 0 Å². The summed E-state index contributed by atoms with van der Waals surface area (Å²) in [7, 11) is -4.94. The predicted molar refractivity (Wildman–Crippen MR) is 81.5 cm³/mol. The molecule has 0 fully saturated rings. The molecule has 0 spiro atoms. The summed E-state index contributed by atoms with van der Waals surface area (Å²) in [6.07, 6.45) is 0.896. The maximum Gasteiger partial charge on any atom is 0.360 e. The van der Waals surface area contributed by atoms with Gasteiger partial charge in [0.25, 0.3) is 0 Å². The van der Waals surface area contributed by atoms with Gasteiger partial charge in [-0.2, -0.15) is 0 Å². The molecule has 4 rings (SSSR count). The van der Waals surface area contributed by atoms with Gasteiger partial charge >= 0.3 is 11.5 Å². The average Bonchev–Trinajstić information content (AvgIpc) is 2.93. The van der Waals surface area contributed by atoms with Crippen molar-refractivity contribution >= 4 is 0 Å². The lowest BCUT2D eigenvalue weighted by Crippen LogP contribution is -2.68. The Hall–Kier alpha value is -2.28. The second-order valence-corrected chi connectivity index (χ2v) is 6.43. The number of hydrogen-bond acceptors (Lipinski definition) is 4. The Morgan fingerprint density at radius 1 is 0.880 bits per heavy atom. The van der Waals surface area contributed by atoms with Gasteiger partial charge in [0.05, 0.1) is 17.5 Å². The number of benzene rings is 2. The van der Waals surface area contributed by atoms with Crippen LogP contribution in [0, 0.1) is 17.2 Å². The molecule has 128 valence electrons. The highest BCUT2D eigenvalue weighted by molar-refractivity contribution is 5.78. The van der Waals surface area contributed by atoms with Crippen molar-refractivity contribution in [3.8, 4) is 22.5 Å². The van der Waals surface area contributed by atoms with E-state index in [-0.39, 0.29) is 0 Å². The van der Waals surface area contributed by atoms with Crippen LogP contribution in [0.4, 0.5) is 0 Å². The van der Waals surface area contributed by atoms with E-state index >= 15 is 0 Å². The standard InChI is InChI=1S/C19H15O.ClHO4/c1-13-11-17(14-7-3-2-4-8-14)20-18-12-15-9-5-6-10-16(15)19(13)18;2-1(3,4)5/h2-11H,12H2,1H3;(H,2,3,4,5)/q+1;/p-1. The number of fused-ring (bicyclic) bond motifs is 3. The zero-order chi connectivity index (χ0) is 18.0. The van der Waals surface area contributed by atoms with E-state index in [4.69, 9.17) is 23.1 Å². The smallest absolute Gasteiger partial charge is 0.222 e. The SMILES string of the molecule is Cc1cc(-c2ccccc2)[o+]c2c1-c1ccccc1C2.[O-][Cl+3]([O-])([O-])[O-]. The molecule has 1 aromatic heterocycles. The molecule has 6 heteroatoms. The Labute approximate surface area is 147 Å². The number of aryl methyl sites for hydroxylation is 1. The third-order valence-electron chi connectivity index (χ3n) is 3.95. The third kappa shape index (κ3) is 4.22. The van der Waals surface area contributed by atoms with Crippen molar-refractivity contribution in [2.75, 3.05) is 0 Å². The minimum Gasteiger partial charge on any atom is -0.222 e. The van der Waals surface area contributed by atoms with Gasteiger partial charge in [0, 0.05) is 6.07 Å². The molecule has 1 heterocycles. The molecule has 2 aromatic carbocycles. The number of rotatable bonds is 1. The summed E-state index contributed by atoms with van der Waals surface area (Å²) in [5.41, 5.74) is 6.38. The van der Waals surface area contributed by atoms with Gasteiger partial charge in [-0.1, -0.05) is 42.5 Å². The van der Waals surface area contributed by atoms with Crippen molar-refractivity contribution in [3.63, 3.8) is 0 Å². The van der Waals surface area contributed by atoms with Crippen molar-refractivity contribution in [1.82, 2.24) is 0 Å². The van der Waals surface area contributed by atoms with Crippen LogP contribution in [-0.2, 0) is 6.42 Å². The van der Waals surface area contributed by atoms with Crippen LogP contribution in [0.1, 0.15) is 16.9 Å². The molecule has 1 aliphatic rings. The van der Waals surface area contributed by atoms with E-state index in [2.05, 4.69) is 49.4 Å². The van der Waals surface area contributed by atoms with E-state index < -0.39 is 10.2 Å². The van der Waals surface area contributed by atoms with Crippen molar-refractivity contribution < 1.29 is 33.3 Å². The topological polar surface area (TPSA) is 104 Å². The lowest BCUT2D eigenvalue weighted by atomic mass is 10.0. The molecule has 0 unspecified atom stereocenters. The molecular weight excluding hydrogens is 344 g/mol. The molecular formula is C19H15ClO5. The van der Waals surface area contributed by atoms with Crippen LogP contribution in [0.2, 0.25) is 0 Å². The van der Waals surface area contributed by atoms with E-state index in [0.717, 1.165) is 23.5 Å². The molecule has 1 aliphatic carbocycles. The first-order valence-electron chi connectivity index (χ1n) is 7.55. The van der Waals surface area contributed by atoms with E-state index in [0.29, 0.717) is 0 Å². The first kappa shape index (κ1) is 17.5. The molecule has 25 heavy (non-hydrogen) atoms. The Kier molecular flexibility index (Phi) is 4.85. The lowest BCUT2D eigenvalue weighted by molar-refractivity contribution is -2.00. The van der Waals surface area contributed by atoms with Crippen molar-refractivity contribution in [3.05, 3.63) is 77.6 Å². The van der Waals surface area contributed by atoms with Crippen LogP contribution in [-0.4, -0.2) is 0 Å². The highest BCUT2D eigenvalue weighted by atomic mass is 35.7. The van der Waals surface area contributed by atoms with Crippen molar-refractivity contribution in [2.45, 2.75) is 13.3 Å². The maximum atomic E-state index is 8.49. The maximum absolute atomic E-state index is 8.49. The molecule has 5 nitrogen and oxygen atoms in total. The van der Waals surface area contributed by atoms with Crippen molar-refractivity contribution in [2.24, 2.45) is 0 Å². The monoisotopic (exact) mass is 358 g/mol. The molecule has 0 radical (unpaired) electrons. The van der Waals surface area contributed by atoms with Crippen LogP contribution in [0.3, 0.4) is 0 Å². The van der Waals surface area contributed by atoms with E-state index in [9.17, 15) is 0 Å². The third-order valence-corrected chi connectivity index (χ3v) is 3.95. The molecule has 3 aromatic rings. The normalized spacial score (nSPS) is 12.0. The minimum absolute atomic E-state index is 0.896. The Morgan fingerprint density at radius 2 is 1.48 bits per heavy atom. The van der Waals surface area contributed by atoms with Crippen LogP contribution in [0.25, 0.3) is 22.5 Å². The Balaban J connectivity index is 0.000000324. The average molecular weight is 359 g/mol. The van der Waals surface area contributed by atoms with Gasteiger partial charge in [0.2, 0.25) is 0 Å². The van der Waals surface area contributed by atoms with Crippen LogP contribution in [0.15, 0.2) is 65.1 Å². The zero-order valence-electron chi connectivity index (χ0n) is 13.4. The Morgan fingerprint density at radius 3 is 2.16 bits per heavy atom. The van der Waals surface area contributed by atoms with Gasteiger partial charge in [0.1, 0.15) is 0 Å². The Bertz CT molecular complexity index is 882. The second-order valence-electron chi connectivity index (χ2n) is 5.67. The molecule has 0 saturated carbocycles. The van der Waals surface area contributed by atoms with Gasteiger partial charge in [-0.3, -0.25) is 0 Å². The fourth-order valence-electron chi connectivity index (χ4n) is 3.03. The summed E-state index contributed by atoms with van der Waals surface area (Å²) in [6.45, 7) is 2.17. The minimum atomic E-state index is -4.94. The van der Waals surface area contributed by atoms with Gasteiger partial charge in [-0.15, -0.1) is 10.2 Å². The van der Waals surface area contributed by atoms with Gasteiger partial charge < -0.3 is 0 Å². The largest absolute Gasteiger partial charge is 0.360 e.